The summed E-state index contributed by atoms with van der Waals surface area (Å²) in [5.74, 6) is -0.948. The third kappa shape index (κ3) is 3.53. The van der Waals surface area contributed by atoms with E-state index in [2.05, 4.69) is 4.98 Å². The highest BCUT2D eigenvalue weighted by Crippen LogP contribution is 2.19. The summed E-state index contributed by atoms with van der Waals surface area (Å²) >= 11 is 0. The number of carbonyl (C=O) groups excluding carboxylic acids is 1. The summed E-state index contributed by atoms with van der Waals surface area (Å²) in [5, 5.41) is 9.03. The molecule has 2 rings (SSSR count). The van der Waals surface area contributed by atoms with E-state index in [4.69, 9.17) is 5.11 Å². The molecule has 0 unspecified atom stereocenters. The lowest BCUT2D eigenvalue weighted by molar-refractivity contribution is -0.148. The molecule has 0 radical (unpaired) electrons. The van der Waals surface area contributed by atoms with Crippen LogP contribution in [-0.2, 0) is 16.0 Å². The number of hydrogen-bond donors (Lipinski definition) is 1. The average Bonchev–Trinajstić information content (AvgIpc) is 2.89. The molecule has 2 heterocycles. The quantitative estimate of drug-likeness (QED) is 0.872. The number of likely N-dealkylation sites (tertiary alicyclic amines) is 1. The van der Waals surface area contributed by atoms with Crippen molar-refractivity contribution in [2.75, 3.05) is 6.54 Å². The van der Waals surface area contributed by atoms with E-state index in [1.165, 1.54) is 4.90 Å². The minimum Gasteiger partial charge on any atom is -0.480 e. The third-order valence-corrected chi connectivity index (χ3v) is 3.41. The first kappa shape index (κ1) is 13.5. The van der Waals surface area contributed by atoms with Crippen LogP contribution >= 0.6 is 0 Å². The van der Waals surface area contributed by atoms with Gasteiger partial charge in [-0.3, -0.25) is 9.78 Å². The molecule has 0 aromatic carbocycles. The molecule has 1 aliphatic rings. The Morgan fingerprint density at radius 1 is 1.42 bits per heavy atom. The maximum absolute atomic E-state index is 12.0. The van der Waals surface area contributed by atoms with Gasteiger partial charge in [-0.05, 0) is 37.8 Å². The topological polar surface area (TPSA) is 70.5 Å². The summed E-state index contributed by atoms with van der Waals surface area (Å²) in [6.07, 6.45) is 4.93. The van der Waals surface area contributed by atoms with Crippen LogP contribution in [0.2, 0.25) is 0 Å². The molecule has 5 heteroatoms. The molecule has 1 aromatic heterocycles. The SMILES string of the molecule is O=C(O)[C@@H]1CCCN1C(=O)CCCc1ccccn1. The lowest BCUT2D eigenvalue weighted by Gasteiger charge is -2.21. The zero-order valence-corrected chi connectivity index (χ0v) is 10.8. The number of carbonyl (C=O) groups is 2. The molecule has 1 amide bonds. The van der Waals surface area contributed by atoms with Crippen LogP contribution in [0.3, 0.4) is 0 Å². The van der Waals surface area contributed by atoms with Crippen LogP contribution in [0.4, 0.5) is 0 Å². The van der Waals surface area contributed by atoms with Gasteiger partial charge in [0, 0.05) is 24.9 Å². The molecule has 19 heavy (non-hydrogen) atoms. The van der Waals surface area contributed by atoms with Crippen molar-refractivity contribution in [3.63, 3.8) is 0 Å². The Bertz CT molecular complexity index is 447. The summed E-state index contributed by atoms with van der Waals surface area (Å²) in [5.41, 5.74) is 0.964. The van der Waals surface area contributed by atoms with E-state index in [0.717, 1.165) is 18.5 Å². The van der Waals surface area contributed by atoms with Crippen molar-refractivity contribution in [1.82, 2.24) is 9.88 Å². The van der Waals surface area contributed by atoms with Gasteiger partial charge < -0.3 is 10.0 Å². The highest BCUT2D eigenvalue weighted by atomic mass is 16.4. The van der Waals surface area contributed by atoms with Gasteiger partial charge in [0.2, 0.25) is 5.91 Å². The summed E-state index contributed by atoms with van der Waals surface area (Å²) in [4.78, 5) is 28.7. The first-order valence-corrected chi connectivity index (χ1v) is 6.60. The molecular formula is C14H18N2O3. The Morgan fingerprint density at radius 2 is 2.26 bits per heavy atom. The van der Waals surface area contributed by atoms with Gasteiger partial charge in [0.25, 0.3) is 0 Å². The number of nitrogens with zero attached hydrogens (tertiary/aromatic N) is 2. The molecule has 0 aliphatic carbocycles. The van der Waals surface area contributed by atoms with Crippen molar-refractivity contribution in [1.29, 1.82) is 0 Å². The van der Waals surface area contributed by atoms with Crippen LogP contribution < -0.4 is 0 Å². The predicted molar refractivity (Wildman–Crippen MR) is 69.5 cm³/mol. The van der Waals surface area contributed by atoms with Gasteiger partial charge in [0.05, 0.1) is 0 Å². The van der Waals surface area contributed by atoms with E-state index in [1.54, 1.807) is 6.20 Å². The largest absolute Gasteiger partial charge is 0.480 e. The number of rotatable bonds is 5. The second-order valence-corrected chi connectivity index (χ2v) is 4.76. The van der Waals surface area contributed by atoms with Gasteiger partial charge in [-0.1, -0.05) is 6.07 Å². The molecule has 0 spiro atoms. The van der Waals surface area contributed by atoms with Crippen molar-refractivity contribution in [3.05, 3.63) is 30.1 Å². The van der Waals surface area contributed by atoms with Crippen LogP contribution in [0, 0.1) is 0 Å². The normalized spacial score (nSPS) is 18.5. The molecule has 1 atom stereocenters. The van der Waals surface area contributed by atoms with E-state index in [0.29, 0.717) is 25.8 Å². The van der Waals surface area contributed by atoms with Gasteiger partial charge >= 0.3 is 5.97 Å². The molecule has 1 saturated heterocycles. The maximum atomic E-state index is 12.0. The number of hydrogen-bond acceptors (Lipinski definition) is 3. The smallest absolute Gasteiger partial charge is 0.326 e. The molecule has 0 bridgehead atoms. The number of carboxylic acids is 1. The zero-order chi connectivity index (χ0) is 13.7. The minimum atomic E-state index is -0.893. The number of pyridine rings is 1. The molecule has 5 nitrogen and oxygen atoms in total. The molecule has 1 N–H and O–H groups in total. The van der Waals surface area contributed by atoms with Crippen LogP contribution in [0.25, 0.3) is 0 Å². The zero-order valence-electron chi connectivity index (χ0n) is 10.8. The van der Waals surface area contributed by atoms with Gasteiger partial charge in [0.1, 0.15) is 6.04 Å². The molecule has 0 saturated carbocycles. The van der Waals surface area contributed by atoms with Crippen LogP contribution in [-0.4, -0.2) is 39.5 Å². The average molecular weight is 262 g/mol. The number of aryl methyl sites for hydroxylation is 1. The molecule has 1 fully saturated rings. The van der Waals surface area contributed by atoms with E-state index in [-0.39, 0.29) is 5.91 Å². The maximum Gasteiger partial charge on any atom is 0.326 e. The molecule has 1 aliphatic heterocycles. The molecule has 102 valence electrons. The summed E-state index contributed by atoms with van der Waals surface area (Å²) < 4.78 is 0. The number of amides is 1. The lowest BCUT2D eigenvalue weighted by atomic mass is 10.1. The highest BCUT2D eigenvalue weighted by Gasteiger charge is 2.33. The van der Waals surface area contributed by atoms with E-state index in [1.807, 2.05) is 18.2 Å². The lowest BCUT2D eigenvalue weighted by Crippen LogP contribution is -2.40. The summed E-state index contributed by atoms with van der Waals surface area (Å²) in [7, 11) is 0. The van der Waals surface area contributed by atoms with E-state index in [9.17, 15) is 9.59 Å². The Morgan fingerprint density at radius 3 is 2.95 bits per heavy atom. The monoisotopic (exact) mass is 262 g/mol. The Balaban J connectivity index is 1.80. The number of aromatic nitrogens is 1. The highest BCUT2D eigenvalue weighted by molar-refractivity contribution is 5.84. The molecule has 1 aromatic rings. The van der Waals surface area contributed by atoms with Crippen LogP contribution in [0.5, 0.6) is 0 Å². The van der Waals surface area contributed by atoms with Gasteiger partial charge in [-0.25, -0.2) is 4.79 Å². The molecular weight excluding hydrogens is 244 g/mol. The van der Waals surface area contributed by atoms with E-state index >= 15 is 0 Å². The third-order valence-electron chi connectivity index (χ3n) is 3.41. The number of aliphatic carboxylic acids is 1. The minimum absolute atomic E-state index is 0.0548. The Kier molecular flexibility index (Phi) is 4.49. The van der Waals surface area contributed by atoms with Gasteiger partial charge in [-0.15, -0.1) is 0 Å². The Labute approximate surface area is 112 Å². The van der Waals surface area contributed by atoms with Crippen LogP contribution in [0.1, 0.15) is 31.4 Å². The fourth-order valence-electron chi connectivity index (χ4n) is 2.43. The van der Waals surface area contributed by atoms with Gasteiger partial charge in [0.15, 0.2) is 0 Å². The van der Waals surface area contributed by atoms with Crippen molar-refractivity contribution < 1.29 is 14.7 Å². The van der Waals surface area contributed by atoms with Crippen molar-refractivity contribution >= 4 is 11.9 Å². The fourth-order valence-corrected chi connectivity index (χ4v) is 2.43. The van der Waals surface area contributed by atoms with Crippen molar-refractivity contribution in [3.8, 4) is 0 Å². The second kappa shape index (κ2) is 6.31. The summed E-state index contributed by atoms with van der Waals surface area (Å²) in [6, 6.07) is 5.09. The second-order valence-electron chi connectivity index (χ2n) is 4.76. The summed E-state index contributed by atoms with van der Waals surface area (Å²) in [6.45, 7) is 0.569. The van der Waals surface area contributed by atoms with Crippen molar-refractivity contribution in [2.45, 2.75) is 38.1 Å². The standard InChI is InChI=1S/C14H18N2O3/c17-13(16-10-4-7-12(16)14(18)19)8-3-6-11-5-1-2-9-15-11/h1-2,5,9,12H,3-4,6-8,10H2,(H,18,19)/t12-/m0/s1. The Hall–Kier alpha value is -1.91. The van der Waals surface area contributed by atoms with Crippen molar-refractivity contribution in [2.24, 2.45) is 0 Å². The van der Waals surface area contributed by atoms with E-state index < -0.39 is 12.0 Å². The van der Waals surface area contributed by atoms with Gasteiger partial charge in [-0.2, -0.15) is 0 Å². The van der Waals surface area contributed by atoms with Crippen LogP contribution in [0.15, 0.2) is 24.4 Å². The predicted octanol–water partition coefficient (Wildman–Crippen LogP) is 1.48. The fraction of sp³-hybridized carbons (Fsp3) is 0.500. The first-order chi connectivity index (χ1) is 9.18. The number of carboxylic acid groups (broad SMARTS) is 1. The first-order valence-electron chi connectivity index (χ1n) is 6.60.